The molecule has 0 fully saturated rings. The van der Waals surface area contributed by atoms with Crippen LogP contribution >= 0.6 is 11.5 Å². The van der Waals surface area contributed by atoms with Gasteiger partial charge in [-0.15, -0.1) is 5.10 Å². The Bertz CT molecular complexity index is 578. The van der Waals surface area contributed by atoms with E-state index in [1.807, 2.05) is 18.2 Å². The smallest absolute Gasteiger partial charge is 0.122 e. The molecule has 0 bridgehead atoms. The quantitative estimate of drug-likeness (QED) is 0.629. The summed E-state index contributed by atoms with van der Waals surface area (Å²) in [6.45, 7) is 4.17. The third kappa shape index (κ3) is 3.31. The molecule has 1 aromatic heterocycles. The Hall–Kier alpha value is -1.70. The molecule has 21 heavy (non-hydrogen) atoms. The number of methoxy groups -OCH3 is 2. The van der Waals surface area contributed by atoms with Crippen molar-refractivity contribution in [1.29, 1.82) is 0 Å². The molecule has 0 aliphatic carbocycles. The van der Waals surface area contributed by atoms with Crippen molar-refractivity contribution in [1.82, 2.24) is 15.0 Å². The molecule has 0 amide bonds. The van der Waals surface area contributed by atoms with Crippen LogP contribution in [0.2, 0.25) is 0 Å². The highest BCUT2D eigenvalue weighted by Gasteiger charge is 2.23. The fourth-order valence-corrected chi connectivity index (χ4v) is 3.02. The minimum Gasteiger partial charge on any atom is -0.497 e. The van der Waals surface area contributed by atoms with Crippen LogP contribution in [0.15, 0.2) is 18.2 Å². The van der Waals surface area contributed by atoms with Crippen molar-refractivity contribution in [3.05, 3.63) is 34.3 Å². The van der Waals surface area contributed by atoms with E-state index in [2.05, 4.69) is 28.9 Å². The zero-order chi connectivity index (χ0) is 15.4. The van der Waals surface area contributed by atoms with Gasteiger partial charge in [0.25, 0.3) is 0 Å². The second-order valence-corrected chi connectivity index (χ2v) is 5.71. The van der Waals surface area contributed by atoms with Crippen LogP contribution in [-0.4, -0.2) is 23.8 Å². The van der Waals surface area contributed by atoms with Crippen molar-refractivity contribution in [3.63, 3.8) is 0 Å². The normalized spacial score (nSPS) is 12.5. The van der Waals surface area contributed by atoms with Crippen molar-refractivity contribution in [3.8, 4) is 11.5 Å². The highest BCUT2D eigenvalue weighted by molar-refractivity contribution is 7.05. The molecule has 6 nitrogen and oxygen atoms in total. The summed E-state index contributed by atoms with van der Waals surface area (Å²) < 4.78 is 14.7. The van der Waals surface area contributed by atoms with E-state index in [1.165, 1.54) is 11.5 Å². The highest BCUT2D eigenvalue weighted by Crippen LogP contribution is 2.34. The van der Waals surface area contributed by atoms with E-state index in [1.54, 1.807) is 14.2 Å². The Balaban J connectivity index is 2.48. The molecule has 1 atom stereocenters. The second kappa shape index (κ2) is 6.84. The van der Waals surface area contributed by atoms with Gasteiger partial charge < -0.3 is 9.47 Å². The number of hydrogen-bond acceptors (Lipinski definition) is 7. The van der Waals surface area contributed by atoms with Crippen molar-refractivity contribution >= 4 is 11.5 Å². The van der Waals surface area contributed by atoms with Gasteiger partial charge in [0.2, 0.25) is 0 Å². The van der Waals surface area contributed by atoms with Gasteiger partial charge in [-0.1, -0.05) is 18.3 Å². The average molecular weight is 308 g/mol. The Kier molecular flexibility index (Phi) is 5.11. The maximum Gasteiger partial charge on any atom is 0.122 e. The molecule has 1 unspecified atom stereocenters. The lowest BCUT2D eigenvalue weighted by molar-refractivity contribution is 0.392. The van der Waals surface area contributed by atoms with Crippen LogP contribution in [0.3, 0.4) is 0 Å². The number of ether oxygens (including phenoxy) is 2. The zero-order valence-corrected chi connectivity index (χ0v) is 13.4. The van der Waals surface area contributed by atoms with Crippen molar-refractivity contribution in [2.45, 2.75) is 25.8 Å². The van der Waals surface area contributed by atoms with Crippen LogP contribution in [0.25, 0.3) is 0 Å². The van der Waals surface area contributed by atoms with E-state index in [0.29, 0.717) is 11.5 Å². The first kappa shape index (κ1) is 15.7. The van der Waals surface area contributed by atoms with E-state index >= 15 is 0 Å². The number of rotatable bonds is 6. The van der Waals surface area contributed by atoms with Gasteiger partial charge in [-0.2, -0.15) is 0 Å². The second-order valence-electron chi connectivity index (χ2n) is 4.92. The summed E-state index contributed by atoms with van der Waals surface area (Å²) in [5.41, 5.74) is 4.73. The first-order chi connectivity index (χ1) is 10.1. The Morgan fingerprint density at radius 1 is 1.14 bits per heavy atom. The summed E-state index contributed by atoms with van der Waals surface area (Å²) in [5, 5.41) is 4.21. The minimum absolute atomic E-state index is 0.202. The summed E-state index contributed by atoms with van der Waals surface area (Å²) in [5.74, 6) is 7.48. The van der Waals surface area contributed by atoms with E-state index < -0.39 is 0 Å². The molecule has 7 heteroatoms. The predicted octanol–water partition coefficient (Wildman–Crippen LogP) is 2.23. The summed E-state index contributed by atoms with van der Waals surface area (Å²) in [7, 11) is 3.24. The number of benzene rings is 1. The molecule has 0 aliphatic heterocycles. The third-order valence-electron chi connectivity index (χ3n) is 3.22. The van der Waals surface area contributed by atoms with Gasteiger partial charge >= 0.3 is 0 Å². The number of aromatic nitrogens is 2. The molecular weight excluding hydrogens is 288 g/mol. The average Bonchev–Trinajstić information content (AvgIpc) is 2.97. The van der Waals surface area contributed by atoms with E-state index in [4.69, 9.17) is 15.3 Å². The molecule has 1 heterocycles. The number of hydrogen-bond donors (Lipinski definition) is 2. The third-order valence-corrected chi connectivity index (χ3v) is 4.03. The lowest BCUT2D eigenvalue weighted by Crippen LogP contribution is -2.29. The largest absolute Gasteiger partial charge is 0.497 e. The number of nitrogens with zero attached hydrogens (tertiary/aromatic N) is 2. The molecule has 0 saturated heterocycles. The number of nitrogens with one attached hydrogen (secondary N) is 1. The van der Waals surface area contributed by atoms with Gasteiger partial charge in [-0.25, -0.2) is 5.43 Å². The molecule has 0 saturated carbocycles. The number of hydrazine groups is 1. The van der Waals surface area contributed by atoms with Gasteiger partial charge in [0.05, 0.1) is 30.8 Å². The SMILES string of the molecule is COc1cc(OC)cc(C(NN)c2snnc2C(C)C)c1. The van der Waals surface area contributed by atoms with Crippen LogP contribution in [0.5, 0.6) is 11.5 Å². The maximum atomic E-state index is 5.77. The Labute approximate surface area is 128 Å². The first-order valence-corrected chi connectivity index (χ1v) is 7.39. The van der Waals surface area contributed by atoms with Gasteiger partial charge in [-0.05, 0) is 35.1 Å². The van der Waals surface area contributed by atoms with Crippen LogP contribution in [0.4, 0.5) is 0 Å². The Morgan fingerprint density at radius 3 is 2.24 bits per heavy atom. The first-order valence-electron chi connectivity index (χ1n) is 6.62. The zero-order valence-electron chi connectivity index (χ0n) is 12.6. The molecule has 3 N–H and O–H groups in total. The predicted molar refractivity (Wildman–Crippen MR) is 82.7 cm³/mol. The van der Waals surface area contributed by atoms with Gasteiger partial charge in [0, 0.05) is 6.07 Å². The van der Waals surface area contributed by atoms with Crippen LogP contribution in [-0.2, 0) is 0 Å². The Morgan fingerprint density at radius 2 is 1.76 bits per heavy atom. The topological polar surface area (TPSA) is 82.3 Å². The van der Waals surface area contributed by atoms with Crippen molar-refractivity contribution < 1.29 is 9.47 Å². The molecule has 1 aromatic carbocycles. The number of nitrogens with two attached hydrogens (primary N) is 1. The molecule has 0 aliphatic rings. The summed E-state index contributed by atoms with van der Waals surface area (Å²) in [6.07, 6.45) is 0. The summed E-state index contributed by atoms with van der Waals surface area (Å²) >= 11 is 1.35. The highest BCUT2D eigenvalue weighted by atomic mass is 32.1. The molecule has 2 rings (SSSR count). The van der Waals surface area contributed by atoms with E-state index in [9.17, 15) is 0 Å². The monoisotopic (exact) mass is 308 g/mol. The van der Waals surface area contributed by atoms with Gasteiger partial charge in [-0.3, -0.25) is 5.84 Å². The molecule has 114 valence electrons. The molecular formula is C14H20N4O2S. The van der Waals surface area contributed by atoms with E-state index in [-0.39, 0.29) is 12.0 Å². The van der Waals surface area contributed by atoms with E-state index in [0.717, 1.165) is 16.1 Å². The van der Waals surface area contributed by atoms with Crippen LogP contribution in [0, 0.1) is 0 Å². The summed E-state index contributed by atoms with van der Waals surface area (Å²) in [4.78, 5) is 1.00. The maximum absolute atomic E-state index is 5.77. The van der Waals surface area contributed by atoms with Crippen molar-refractivity contribution in [2.75, 3.05) is 14.2 Å². The molecule has 0 spiro atoms. The van der Waals surface area contributed by atoms with Crippen molar-refractivity contribution in [2.24, 2.45) is 5.84 Å². The lowest BCUT2D eigenvalue weighted by Gasteiger charge is -2.18. The molecule has 2 aromatic rings. The fourth-order valence-electron chi connectivity index (χ4n) is 2.12. The fraction of sp³-hybridized carbons (Fsp3) is 0.429. The molecule has 0 radical (unpaired) electrons. The minimum atomic E-state index is -0.202. The lowest BCUT2D eigenvalue weighted by atomic mass is 10.00. The van der Waals surface area contributed by atoms with Gasteiger partial charge in [0.15, 0.2) is 0 Å². The van der Waals surface area contributed by atoms with Crippen LogP contribution in [0.1, 0.15) is 41.9 Å². The van der Waals surface area contributed by atoms with Crippen LogP contribution < -0.4 is 20.7 Å². The van der Waals surface area contributed by atoms with Gasteiger partial charge in [0.1, 0.15) is 11.5 Å². The standard InChI is InChI=1S/C14H20N4O2S/c1-8(2)12-14(21-18-17-12)13(16-15)9-5-10(19-3)7-11(6-9)20-4/h5-8,13,16H,15H2,1-4H3. The summed E-state index contributed by atoms with van der Waals surface area (Å²) in [6, 6.07) is 5.48.